The summed E-state index contributed by atoms with van der Waals surface area (Å²) in [6.07, 6.45) is 7.21. The summed E-state index contributed by atoms with van der Waals surface area (Å²) in [5.74, 6) is -0.185. The SMILES string of the molecule is Fc1cccc(CNCc2ccn(C3CCCC3)n2)c1. The van der Waals surface area contributed by atoms with E-state index in [0.717, 1.165) is 17.8 Å². The van der Waals surface area contributed by atoms with Crippen LogP contribution >= 0.6 is 0 Å². The van der Waals surface area contributed by atoms with E-state index in [1.807, 2.05) is 6.07 Å². The molecule has 1 N–H and O–H groups in total. The predicted molar refractivity (Wildman–Crippen MR) is 76.7 cm³/mol. The summed E-state index contributed by atoms with van der Waals surface area (Å²) in [7, 11) is 0. The van der Waals surface area contributed by atoms with Crippen LogP contribution in [-0.2, 0) is 13.1 Å². The van der Waals surface area contributed by atoms with Gasteiger partial charge in [0.2, 0.25) is 0 Å². The highest BCUT2D eigenvalue weighted by Crippen LogP contribution is 2.28. The molecular weight excluding hydrogens is 253 g/mol. The summed E-state index contributed by atoms with van der Waals surface area (Å²) in [5.41, 5.74) is 2.01. The van der Waals surface area contributed by atoms with Crippen molar-refractivity contribution in [3.63, 3.8) is 0 Å². The van der Waals surface area contributed by atoms with Crippen LogP contribution < -0.4 is 5.32 Å². The summed E-state index contributed by atoms with van der Waals surface area (Å²) in [6, 6.07) is 9.34. The molecule has 1 aliphatic rings. The Kier molecular flexibility index (Phi) is 4.11. The number of rotatable bonds is 5. The van der Waals surface area contributed by atoms with E-state index in [2.05, 4.69) is 27.4 Å². The van der Waals surface area contributed by atoms with Crippen LogP contribution in [0.1, 0.15) is 43.0 Å². The van der Waals surface area contributed by atoms with Gasteiger partial charge < -0.3 is 5.32 Å². The lowest BCUT2D eigenvalue weighted by Crippen LogP contribution is -2.14. The van der Waals surface area contributed by atoms with E-state index >= 15 is 0 Å². The molecule has 3 rings (SSSR count). The first-order valence-corrected chi connectivity index (χ1v) is 7.30. The number of nitrogens with zero attached hydrogens (tertiary/aromatic N) is 2. The molecule has 0 aliphatic heterocycles. The number of nitrogens with one attached hydrogen (secondary N) is 1. The molecule has 3 nitrogen and oxygen atoms in total. The van der Waals surface area contributed by atoms with Gasteiger partial charge in [-0.05, 0) is 36.6 Å². The first kappa shape index (κ1) is 13.3. The zero-order chi connectivity index (χ0) is 13.8. The molecule has 1 aliphatic carbocycles. The number of aromatic nitrogens is 2. The molecule has 106 valence electrons. The maximum absolute atomic E-state index is 13.0. The summed E-state index contributed by atoms with van der Waals surface area (Å²) in [6.45, 7) is 1.38. The number of benzene rings is 1. The maximum Gasteiger partial charge on any atom is 0.123 e. The Labute approximate surface area is 118 Å². The third-order valence-electron chi connectivity index (χ3n) is 3.89. The Morgan fingerprint density at radius 1 is 1.20 bits per heavy atom. The van der Waals surface area contributed by atoms with Crippen molar-refractivity contribution >= 4 is 0 Å². The van der Waals surface area contributed by atoms with Gasteiger partial charge in [-0.15, -0.1) is 0 Å². The third kappa shape index (κ3) is 3.25. The van der Waals surface area contributed by atoms with E-state index < -0.39 is 0 Å². The van der Waals surface area contributed by atoms with E-state index in [9.17, 15) is 4.39 Å². The molecular formula is C16H20FN3. The van der Waals surface area contributed by atoms with Crippen molar-refractivity contribution < 1.29 is 4.39 Å². The lowest BCUT2D eigenvalue weighted by atomic mass is 10.2. The molecule has 1 aromatic heterocycles. The summed E-state index contributed by atoms with van der Waals surface area (Å²) in [4.78, 5) is 0. The normalized spacial score (nSPS) is 15.8. The van der Waals surface area contributed by atoms with Gasteiger partial charge in [0.15, 0.2) is 0 Å². The van der Waals surface area contributed by atoms with Crippen molar-refractivity contribution in [2.45, 2.75) is 44.8 Å². The lowest BCUT2D eigenvalue weighted by molar-refractivity contribution is 0.460. The molecule has 20 heavy (non-hydrogen) atoms. The number of hydrogen-bond acceptors (Lipinski definition) is 2. The van der Waals surface area contributed by atoms with Gasteiger partial charge in [-0.2, -0.15) is 5.10 Å². The Hall–Kier alpha value is -1.68. The van der Waals surface area contributed by atoms with Gasteiger partial charge in [0.25, 0.3) is 0 Å². The average molecular weight is 273 g/mol. The molecule has 0 unspecified atom stereocenters. The molecule has 0 atom stereocenters. The third-order valence-corrected chi connectivity index (χ3v) is 3.89. The topological polar surface area (TPSA) is 29.9 Å². The molecule has 0 amide bonds. The Balaban J connectivity index is 1.51. The fourth-order valence-electron chi connectivity index (χ4n) is 2.83. The van der Waals surface area contributed by atoms with Crippen molar-refractivity contribution in [3.8, 4) is 0 Å². The largest absolute Gasteiger partial charge is 0.307 e. The first-order chi connectivity index (χ1) is 9.81. The van der Waals surface area contributed by atoms with Crippen LogP contribution in [0.15, 0.2) is 36.5 Å². The second-order valence-electron chi connectivity index (χ2n) is 5.46. The van der Waals surface area contributed by atoms with Crippen molar-refractivity contribution in [2.75, 3.05) is 0 Å². The highest BCUT2D eigenvalue weighted by Gasteiger charge is 2.17. The van der Waals surface area contributed by atoms with E-state index in [4.69, 9.17) is 0 Å². The highest BCUT2D eigenvalue weighted by molar-refractivity contribution is 5.16. The Bertz CT molecular complexity index is 558. The minimum absolute atomic E-state index is 0.185. The van der Waals surface area contributed by atoms with Crippen LogP contribution in [0.3, 0.4) is 0 Å². The Morgan fingerprint density at radius 3 is 2.85 bits per heavy atom. The first-order valence-electron chi connectivity index (χ1n) is 7.30. The number of hydrogen-bond donors (Lipinski definition) is 1. The van der Waals surface area contributed by atoms with Crippen LogP contribution in [0.5, 0.6) is 0 Å². The van der Waals surface area contributed by atoms with E-state index in [1.54, 1.807) is 12.1 Å². The lowest BCUT2D eigenvalue weighted by Gasteiger charge is -2.09. The zero-order valence-corrected chi connectivity index (χ0v) is 11.6. The van der Waals surface area contributed by atoms with Crippen LogP contribution in [-0.4, -0.2) is 9.78 Å². The van der Waals surface area contributed by atoms with Gasteiger partial charge in [0, 0.05) is 19.3 Å². The van der Waals surface area contributed by atoms with Crippen molar-refractivity contribution in [1.82, 2.24) is 15.1 Å². The Morgan fingerprint density at radius 2 is 2.05 bits per heavy atom. The maximum atomic E-state index is 13.0. The fourth-order valence-corrected chi connectivity index (χ4v) is 2.83. The van der Waals surface area contributed by atoms with Gasteiger partial charge in [-0.3, -0.25) is 4.68 Å². The van der Waals surface area contributed by atoms with E-state index in [0.29, 0.717) is 12.6 Å². The average Bonchev–Trinajstić information content (AvgIpc) is 3.09. The standard InChI is InChI=1S/C16H20FN3/c17-14-5-3-4-13(10-14)11-18-12-15-8-9-20(19-15)16-6-1-2-7-16/h3-5,8-10,16,18H,1-2,6-7,11-12H2. The molecule has 4 heteroatoms. The molecule has 1 heterocycles. The fraction of sp³-hybridized carbons (Fsp3) is 0.438. The molecule has 0 spiro atoms. The molecule has 1 saturated carbocycles. The van der Waals surface area contributed by atoms with Crippen LogP contribution in [0.25, 0.3) is 0 Å². The number of halogens is 1. The van der Waals surface area contributed by atoms with Gasteiger partial charge in [0.1, 0.15) is 5.82 Å². The van der Waals surface area contributed by atoms with E-state index in [1.165, 1.54) is 31.7 Å². The molecule has 0 bridgehead atoms. The van der Waals surface area contributed by atoms with Gasteiger partial charge >= 0.3 is 0 Å². The molecule has 0 radical (unpaired) electrons. The molecule has 2 aromatic rings. The van der Waals surface area contributed by atoms with Crippen molar-refractivity contribution in [3.05, 3.63) is 53.6 Å². The quantitative estimate of drug-likeness (QED) is 0.904. The van der Waals surface area contributed by atoms with Crippen LogP contribution in [0.2, 0.25) is 0 Å². The van der Waals surface area contributed by atoms with E-state index in [-0.39, 0.29) is 5.82 Å². The molecule has 1 fully saturated rings. The molecule has 1 aromatic carbocycles. The van der Waals surface area contributed by atoms with Crippen LogP contribution in [0, 0.1) is 5.82 Å². The smallest absolute Gasteiger partial charge is 0.123 e. The zero-order valence-electron chi connectivity index (χ0n) is 11.6. The summed E-state index contributed by atoms with van der Waals surface area (Å²) < 4.78 is 15.2. The second kappa shape index (κ2) is 6.18. The van der Waals surface area contributed by atoms with Gasteiger partial charge in [0.05, 0.1) is 11.7 Å². The molecule has 0 saturated heterocycles. The van der Waals surface area contributed by atoms with Crippen molar-refractivity contribution in [1.29, 1.82) is 0 Å². The highest BCUT2D eigenvalue weighted by atomic mass is 19.1. The monoisotopic (exact) mass is 273 g/mol. The van der Waals surface area contributed by atoms with Gasteiger partial charge in [-0.25, -0.2) is 4.39 Å². The summed E-state index contributed by atoms with van der Waals surface area (Å²) >= 11 is 0. The summed E-state index contributed by atoms with van der Waals surface area (Å²) in [5, 5.41) is 7.93. The second-order valence-corrected chi connectivity index (χ2v) is 5.46. The van der Waals surface area contributed by atoms with Gasteiger partial charge in [-0.1, -0.05) is 25.0 Å². The minimum atomic E-state index is -0.185. The minimum Gasteiger partial charge on any atom is -0.307 e. The van der Waals surface area contributed by atoms with Crippen LogP contribution in [0.4, 0.5) is 4.39 Å². The predicted octanol–water partition coefficient (Wildman–Crippen LogP) is 3.43. The van der Waals surface area contributed by atoms with Crippen molar-refractivity contribution in [2.24, 2.45) is 0 Å².